The van der Waals surface area contributed by atoms with Crippen molar-refractivity contribution in [1.29, 1.82) is 0 Å². The van der Waals surface area contributed by atoms with Crippen LogP contribution in [-0.2, 0) is 11.3 Å². The van der Waals surface area contributed by atoms with E-state index in [1.807, 2.05) is 13.0 Å². The van der Waals surface area contributed by atoms with Crippen molar-refractivity contribution in [3.8, 4) is 0 Å². The number of nitrogens with zero attached hydrogens (tertiary/aromatic N) is 1. The zero-order valence-corrected chi connectivity index (χ0v) is 11.0. The van der Waals surface area contributed by atoms with E-state index in [2.05, 4.69) is 0 Å². The van der Waals surface area contributed by atoms with E-state index in [4.69, 9.17) is 5.73 Å². The average Bonchev–Trinajstić information content (AvgIpc) is 2.35. The molecule has 2 N–H and O–H groups in total. The van der Waals surface area contributed by atoms with E-state index in [0.717, 1.165) is 12.0 Å². The Morgan fingerprint density at radius 3 is 2.83 bits per heavy atom. The van der Waals surface area contributed by atoms with Crippen molar-refractivity contribution in [1.82, 2.24) is 4.90 Å². The zero-order chi connectivity index (χ0) is 13.5. The first-order chi connectivity index (χ1) is 8.52. The topological polar surface area (TPSA) is 46.3 Å². The van der Waals surface area contributed by atoms with Crippen LogP contribution in [0.25, 0.3) is 0 Å². The molecule has 1 aromatic carbocycles. The van der Waals surface area contributed by atoms with Crippen LogP contribution in [0.4, 0.5) is 4.39 Å². The van der Waals surface area contributed by atoms with E-state index >= 15 is 0 Å². The van der Waals surface area contributed by atoms with Gasteiger partial charge in [-0.2, -0.15) is 0 Å². The second kappa shape index (κ2) is 7.11. The maximum atomic E-state index is 13.0. The number of carbonyl (C=O) groups is 1. The van der Waals surface area contributed by atoms with Gasteiger partial charge in [-0.05, 0) is 36.6 Å². The number of hydrogen-bond acceptors (Lipinski definition) is 2. The highest BCUT2D eigenvalue weighted by atomic mass is 19.1. The molecular formula is C14H21FN2O. The summed E-state index contributed by atoms with van der Waals surface area (Å²) in [6, 6.07) is 6.31. The molecule has 18 heavy (non-hydrogen) atoms. The Morgan fingerprint density at radius 1 is 1.50 bits per heavy atom. The summed E-state index contributed by atoms with van der Waals surface area (Å²) < 4.78 is 13.0. The molecule has 0 aliphatic carbocycles. The Labute approximate surface area is 108 Å². The number of rotatable bonds is 6. The van der Waals surface area contributed by atoms with Gasteiger partial charge in [0.05, 0.1) is 0 Å². The molecule has 1 amide bonds. The quantitative estimate of drug-likeness (QED) is 0.843. The predicted octanol–water partition coefficient (Wildman–Crippen LogP) is 2.16. The molecule has 1 rings (SSSR count). The number of halogens is 1. The lowest BCUT2D eigenvalue weighted by molar-refractivity contribution is -0.130. The van der Waals surface area contributed by atoms with Gasteiger partial charge in [-0.1, -0.05) is 19.1 Å². The molecule has 1 atom stereocenters. The van der Waals surface area contributed by atoms with Crippen LogP contribution in [0, 0.1) is 11.7 Å². The van der Waals surface area contributed by atoms with Gasteiger partial charge in [-0.25, -0.2) is 4.39 Å². The van der Waals surface area contributed by atoms with E-state index in [1.165, 1.54) is 12.1 Å². The highest BCUT2D eigenvalue weighted by Gasteiger charge is 2.11. The maximum Gasteiger partial charge on any atom is 0.222 e. The highest BCUT2D eigenvalue weighted by Crippen LogP contribution is 2.09. The first kappa shape index (κ1) is 14.6. The number of nitrogens with two attached hydrogens (primary N) is 1. The van der Waals surface area contributed by atoms with Crippen LogP contribution in [0.1, 0.15) is 25.3 Å². The number of carbonyl (C=O) groups excluding carboxylic acids is 1. The fraction of sp³-hybridized carbons (Fsp3) is 0.500. The van der Waals surface area contributed by atoms with Gasteiger partial charge in [0.15, 0.2) is 0 Å². The van der Waals surface area contributed by atoms with Gasteiger partial charge in [0, 0.05) is 20.0 Å². The highest BCUT2D eigenvalue weighted by molar-refractivity contribution is 5.75. The van der Waals surface area contributed by atoms with Crippen molar-refractivity contribution < 1.29 is 9.18 Å². The largest absolute Gasteiger partial charge is 0.341 e. The fourth-order valence-corrected chi connectivity index (χ4v) is 1.68. The molecule has 0 bridgehead atoms. The van der Waals surface area contributed by atoms with E-state index in [9.17, 15) is 9.18 Å². The Balaban J connectivity index is 2.45. The lowest BCUT2D eigenvalue weighted by Crippen LogP contribution is -2.27. The maximum absolute atomic E-state index is 13.0. The first-order valence-electron chi connectivity index (χ1n) is 6.21. The lowest BCUT2D eigenvalue weighted by Gasteiger charge is -2.18. The minimum absolute atomic E-state index is 0.0690. The van der Waals surface area contributed by atoms with Crippen molar-refractivity contribution in [2.24, 2.45) is 11.7 Å². The van der Waals surface area contributed by atoms with Crippen molar-refractivity contribution in [3.05, 3.63) is 35.6 Å². The molecule has 1 aromatic rings. The molecule has 4 heteroatoms. The molecule has 0 radical (unpaired) electrons. The number of amides is 1. The second-order valence-electron chi connectivity index (χ2n) is 4.76. The summed E-state index contributed by atoms with van der Waals surface area (Å²) in [5.74, 6) is 0.154. The van der Waals surface area contributed by atoms with Gasteiger partial charge in [0.25, 0.3) is 0 Å². The van der Waals surface area contributed by atoms with Crippen molar-refractivity contribution >= 4 is 5.91 Å². The molecular weight excluding hydrogens is 231 g/mol. The Bertz CT molecular complexity index is 395. The van der Waals surface area contributed by atoms with Crippen LogP contribution >= 0.6 is 0 Å². The van der Waals surface area contributed by atoms with E-state index in [0.29, 0.717) is 25.4 Å². The van der Waals surface area contributed by atoms with Crippen LogP contribution in [0.2, 0.25) is 0 Å². The SMILES string of the molecule is CC(CN)CCC(=O)N(C)Cc1cccc(F)c1. The van der Waals surface area contributed by atoms with E-state index in [1.54, 1.807) is 18.0 Å². The van der Waals surface area contributed by atoms with Gasteiger partial charge in [0.2, 0.25) is 5.91 Å². The standard InChI is InChI=1S/C14H21FN2O/c1-11(9-16)6-7-14(18)17(2)10-12-4-3-5-13(15)8-12/h3-5,8,11H,6-7,9-10,16H2,1-2H3. The average molecular weight is 252 g/mol. The van der Waals surface area contributed by atoms with Crippen molar-refractivity contribution in [3.63, 3.8) is 0 Å². The molecule has 0 aliphatic heterocycles. The monoisotopic (exact) mass is 252 g/mol. The van der Waals surface area contributed by atoms with Crippen LogP contribution < -0.4 is 5.73 Å². The smallest absolute Gasteiger partial charge is 0.222 e. The molecule has 3 nitrogen and oxygen atoms in total. The molecule has 0 fully saturated rings. The van der Waals surface area contributed by atoms with Gasteiger partial charge >= 0.3 is 0 Å². The molecule has 0 saturated carbocycles. The minimum Gasteiger partial charge on any atom is -0.341 e. The summed E-state index contributed by atoms with van der Waals surface area (Å²) >= 11 is 0. The summed E-state index contributed by atoms with van der Waals surface area (Å²) in [6.07, 6.45) is 1.28. The van der Waals surface area contributed by atoms with Gasteiger partial charge in [-0.15, -0.1) is 0 Å². The fourth-order valence-electron chi connectivity index (χ4n) is 1.68. The third-order valence-corrected chi connectivity index (χ3v) is 2.99. The molecule has 100 valence electrons. The van der Waals surface area contributed by atoms with Crippen LogP contribution in [0.5, 0.6) is 0 Å². The molecule has 1 unspecified atom stereocenters. The van der Waals surface area contributed by atoms with Crippen LogP contribution in [0.15, 0.2) is 24.3 Å². The third kappa shape index (κ3) is 4.84. The summed E-state index contributed by atoms with van der Waals surface area (Å²) in [5, 5.41) is 0. The zero-order valence-electron chi connectivity index (χ0n) is 11.0. The van der Waals surface area contributed by atoms with E-state index < -0.39 is 0 Å². The lowest BCUT2D eigenvalue weighted by atomic mass is 10.1. The van der Waals surface area contributed by atoms with Gasteiger partial charge < -0.3 is 10.6 Å². The molecule has 0 heterocycles. The summed E-state index contributed by atoms with van der Waals surface area (Å²) in [5.41, 5.74) is 6.31. The Morgan fingerprint density at radius 2 is 2.22 bits per heavy atom. The van der Waals surface area contributed by atoms with Crippen LogP contribution in [0.3, 0.4) is 0 Å². The van der Waals surface area contributed by atoms with Gasteiger partial charge in [-0.3, -0.25) is 4.79 Å². The van der Waals surface area contributed by atoms with Gasteiger partial charge in [0.1, 0.15) is 5.82 Å². The molecule has 0 spiro atoms. The molecule has 0 aromatic heterocycles. The minimum atomic E-state index is -0.273. The second-order valence-corrected chi connectivity index (χ2v) is 4.76. The van der Waals surface area contributed by atoms with Crippen molar-refractivity contribution in [2.75, 3.05) is 13.6 Å². The van der Waals surface area contributed by atoms with Crippen molar-refractivity contribution in [2.45, 2.75) is 26.3 Å². The Kier molecular flexibility index (Phi) is 5.78. The van der Waals surface area contributed by atoms with Crippen LogP contribution in [-0.4, -0.2) is 24.4 Å². The van der Waals surface area contributed by atoms with E-state index in [-0.39, 0.29) is 11.7 Å². The summed E-state index contributed by atoms with van der Waals surface area (Å²) in [7, 11) is 1.74. The third-order valence-electron chi connectivity index (χ3n) is 2.99. The normalized spacial score (nSPS) is 12.2. The summed E-state index contributed by atoms with van der Waals surface area (Å²) in [6.45, 7) is 3.06. The molecule has 0 saturated heterocycles. The number of hydrogen-bond donors (Lipinski definition) is 1. The predicted molar refractivity (Wildman–Crippen MR) is 70.3 cm³/mol. The summed E-state index contributed by atoms with van der Waals surface area (Å²) in [4.78, 5) is 13.5. The Hall–Kier alpha value is -1.42. The first-order valence-corrected chi connectivity index (χ1v) is 6.21. The number of benzene rings is 1. The molecule has 0 aliphatic rings.